The maximum Gasteiger partial charge on any atom is 0.240 e. The lowest BCUT2D eigenvalue weighted by Crippen LogP contribution is -2.37. The summed E-state index contributed by atoms with van der Waals surface area (Å²) in [6.45, 7) is 3.28. The molecular weight excluding hydrogens is 360 g/mol. The standard InChI is InChI=1S/C16H18N4O3S2/c1-2-20-7-6-17-16(20)15-13(5-8-23-15)19-25(21,22)11-3-4-12-14(9-11)24-10-18-12/h3-4,6-7,9-10,13,15,19H,2,5,8H2,1H3/t13-,15-/m1/s1. The van der Waals surface area contributed by atoms with Crippen molar-refractivity contribution in [2.45, 2.75) is 36.9 Å². The first-order chi connectivity index (χ1) is 12.1. The molecule has 0 unspecified atom stereocenters. The number of nitrogens with one attached hydrogen (secondary N) is 1. The quantitative estimate of drug-likeness (QED) is 0.736. The van der Waals surface area contributed by atoms with Gasteiger partial charge in [0, 0.05) is 25.5 Å². The predicted octanol–water partition coefficient (Wildman–Crippen LogP) is 2.32. The molecule has 1 aliphatic heterocycles. The van der Waals surface area contributed by atoms with E-state index < -0.39 is 10.0 Å². The van der Waals surface area contributed by atoms with Crippen LogP contribution in [0.1, 0.15) is 25.3 Å². The van der Waals surface area contributed by atoms with Gasteiger partial charge in [-0.1, -0.05) is 0 Å². The zero-order valence-corrected chi connectivity index (χ0v) is 15.3. The van der Waals surface area contributed by atoms with Crippen molar-refractivity contribution in [1.29, 1.82) is 0 Å². The molecule has 3 heterocycles. The summed E-state index contributed by atoms with van der Waals surface area (Å²) in [5, 5.41) is 0. The Hall–Kier alpha value is -1.81. The molecule has 4 rings (SSSR count). The van der Waals surface area contributed by atoms with Crippen molar-refractivity contribution in [3.63, 3.8) is 0 Å². The number of ether oxygens (including phenoxy) is 1. The van der Waals surface area contributed by atoms with E-state index in [4.69, 9.17) is 4.74 Å². The Balaban J connectivity index is 1.61. The highest BCUT2D eigenvalue weighted by Gasteiger charge is 2.35. The molecule has 0 spiro atoms. The fourth-order valence-electron chi connectivity index (χ4n) is 3.08. The highest BCUT2D eigenvalue weighted by atomic mass is 32.2. The van der Waals surface area contributed by atoms with Crippen LogP contribution in [0.3, 0.4) is 0 Å². The van der Waals surface area contributed by atoms with Gasteiger partial charge in [0.2, 0.25) is 10.0 Å². The number of aryl methyl sites for hydroxylation is 1. The molecule has 1 aromatic carbocycles. The van der Waals surface area contributed by atoms with Gasteiger partial charge in [0.25, 0.3) is 0 Å². The smallest absolute Gasteiger partial charge is 0.240 e. The molecule has 1 saturated heterocycles. The third kappa shape index (κ3) is 3.08. The Morgan fingerprint density at radius 1 is 1.40 bits per heavy atom. The molecule has 9 heteroatoms. The molecule has 2 atom stereocenters. The second-order valence-electron chi connectivity index (χ2n) is 5.86. The van der Waals surface area contributed by atoms with E-state index in [1.54, 1.807) is 29.9 Å². The molecule has 0 aliphatic carbocycles. The van der Waals surface area contributed by atoms with Crippen LogP contribution in [0, 0.1) is 0 Å². The second kappa shape index (κ2) is 6.49. The number of thiazole rings is 1. The van der Waals surface area contributed by atoms with Crippen LogP contribution in [-0.2, 0) is 21.3 Å². The Morgan fingerprint density at radius 2 is 2.28 bits per heavy atom. The van der Waals surface area contributed by atoms with E-state index in [2.05, 4.69) is 14.7 Å². The summed E-state index contributed by atoms with van der Waals surface area (Å²) < 4.78 is 37.0. The number of hydrogen-bond donors (Lipinski definition) is 1. The van der Waals surface area contributed by atoms with Crippen LogP contribution >= 0.6 is 11.3 Å². The molecular formula is C16H18N4O3S2. The van der Waals surface area contributed by atoms with Crippen molar-refractivity contribution in [2.24, 2.45) is 0 Å². The highest BCUT2D eigenvalue weighted by molar-refractivity contribution is 7.89. The minimum absolute atomic E-state index is 0.244. The van der Waals surface area contributed by atoms with Crippen LogP contribution in [0.25, 0.3) is 10.2 Å². The van der Waals surface area contributed by atoms with Gasteiger partial charge in [0.05, 0.1) is 26.7 Å². The van der Waals surface area contributed by atoms with Crippen LogP contribution in [0.4, 0.5) is 0 Å². The zero-order chi connectivity index (χ0) is 17.4. The lowest BCUT2D eigenvalue weighted by Gasteiger charge is -2.20. The number of imidazole rings is 1. The fourth-order valence-corrected chi connectivity index (χ4v) is 5.17. The van der Waals surface area contributed by atoms with Crippen molar-refractivity contribution >= 4 is 31.6 Å². The molecule has 1 fully saturated rings. The highest BCUT2D eigenvalue weighted by Crippen LogP contribution is 2.30. The van der Waals surface area contributed by atoms with Crippen LogP contribution in [0.15, 0.2) is 41.0 Å². The summed E-state index contributed by atoms with van der Waals surface area (Å²) >= 11 is 1.42. The summed E-state index contributed by atoms with van der Waals surface area (Å²) in [6, 6.07) is 4.64. The van der Waals surface area contributed by atoms with Crippen molar-refractivity contribution in [2.75, 3.05) is 6.61 Å². The molecule has 1 aliphatic rings. The predicted molar refractivity (Wildman–Crippen MR) is 94.9 cm³/mol. The van der Waals surface area contributed by atoms with Crippen LogP contribution in [-0.4, -0.2) is 35.6 Å². The maximum atomic E-state index is 12.8. The molecule has 2 aromatic heterocycles. The number of fused-ring (bicyclic) bond motifs is 1. The van der Waals surface area contributed by atoms with E-state index in [-0.39, 0.29) is 17.0 Å². The number of nitrogens with zero attached hydrogens (tertiary/aromatic N) is 3. The van der Waals surface area contributed by atoms with E-state index in [1.165, 1.54) is 11.3 Å². The van der Waals surface area contributed by atoms with Crippen LogP contribution in [0.2, 0.25) is 0 Å². The SMILES string of the molecule is CCn1ccnc1[C@@H]1OCC[C@H]1NS(=O)(=O)c1ccc2ncsc2c1. The Labute approximate surface area is 149 Å². The molecule has 0 amide bonds. The molecule has 0 bridgehead atoms. The van der Waals surface area contributed by atoms with Gasteiger partial charge in [-0.15, -0.1) is 11.3 Å². The molecule has 25 heavy (non-hydrogen) atoms. The molecule has 0 saturated carbocycles. The van der Waals surface area contributed by atoms with Crippen molar-refractivity contribution in [3.05, 3.63) is 41.9 Å². The lowest BCUT2D eigenvalue weighted by molar-refractivity contribution is 0.0925. The zero-order valence-electron chi connectivity index (χ0n) is 13.6. The first kappa shape index (κ1) is 16.6. The monoisotopic (exact) mass is 378 g/mol. The first-order valence-corrected chi connectivity index (χ1v) is 10.4. The number of benzene rings is 1. The molecule has 7 nitrogen and oxygen atoms in total. The first-order valence-electron chi connectivity index (χ1n) is 8.06. The van der Waals surface area contributed by atoms with Gasteiger partial charge in [-0.05, 0) is 31.5 Å². The van der Waals surface area contributed by atoms with Gasteiger partial charge < -0.3 is 9.30 Å². The van der Waals surface area contributed by atoms with Crippen molar-refractivity contribution in [1.82, 2.24) is 19.3 Å². The Morgan fingerprint density at radius 3 is 3.12 bits per heavy atom. The number of hydrogen-bond acceptors (Lipinski definition) is 6. The van der Waals surface area contributed by atoms with Crippen LogP contribution in [0.5, 0.6) is 0 Å². The number of sulfonamides is 1. The fraction of sp³-hybridized carbons (Fsp3) is 0.375. The Kier molecular flexibility index (Phi) is 4.32. The summed E-state index contributed by atoms with van der Waals surface area (Å²) in [4.78, 5) is 8.78. The van der Waals surface area contributed by atoms with E-state index >= 15 is 0 Å². The number of aromatic nitrogens is 3. The van der Waals surface area contributed by atoms with Crippen molar-refractivity contribution in [3.8, 4) is 0 Å². The Bertz CT molecular complexity index is 996. The third-order valence-electron chi connectivity index (χ3n) is 4.35. The molecule has 1 N–H and O–H groups in total. The van der Waals surface area contributed by atoms with E-state index in [9.17, 15) is 8.42 Å². The van der Waals surface area contributed by atoms with Gasteiger partial charge >= 0.3 is 0 Å². The van der Waals surface area contributed by atoms with Gasteiger partial charge in [0.1, 0.15) is 11.9 Å². The molecule has 3 aromatic rings. The van der Waals surface area contributed by atoms with Gasteiger partial charge in [0.15, 0.2) is 0 Å². The minimum atomic E-state index is -3.64. The van der Waals surface area contributed by atoms with E-state index in [0.29, 0.717) is 13.0 Å². The summed E-state index contributed by atoms with van der Waals surface area (Å²) in [7, 11) is -3.64. The van der Waals surface area contributed by atoms with E-state index in [1.807, 2.05) is 17.7 Å². The summed E-state index contributed by atoms with van der Waals surface area (Å²) in [6.07, 6.45) is 3.82. The van der Waals surface area contributed by atoms with Crippen molar-refractivity contribution < 1.29 is 13.2 Å². The van der Waals surface area contributed by atoms with E-state index in [0.717, 1.165) is 22.6 Å². The second-order valence-corrected chi connectivity index (χ2v) is 8.46. The summed E-state index contributed by atoms with van der Waals surface area (Å²) in [5.74, 6) is 0.755. The molecule has 132 valence electrons. The van der Waals surface area contributed by atoms with Gasteiger partial charge in [-0.25, -0.2) is 23.1 Å². The minimum Gasteiger partial charge on any atom is -0.369 e. The van der Waals surface area contributed by atoms with Gasteiger partial charge in [-0.2, -0.15) is 0 Å². The number of rotatable bonds is 5. The van der Waals surface area contributed by atoms with Crippen LogP contribution < -0.4 is 4.72 Å². The summed E-state index contributed by atoms with van der Waals surface area (Å²) in [5.41, 5.74) is 2.51. The normalized spacial score (nSPS) is 21.2. The third-order valence-corrected chi connectivity index (χ3v) is 6.63. The topological polar surface area (TPSA) is 86.1 Å². The van der Waals surface area contributed by atoms with Gasteiger partial charge in [-0.3, -0.25) is 0 Å². The largest absolute Gasteiger partial charge is 0.369 e. The average molecular weight is 378 g/mol. The maximum absolute atomic E-state index is 12.8. The molecule has 0 radical (unpaired) electrons. The lowest BCUT2D eigenvalue weighted by atomic mass is 10.1. The average Bonchev–Trinajstić information content (AvgIpc) is 3.33.